The Bertz CT molecular complexity index is 697. The predicted molar refractivity (Wildman–Crippen MR) is 85.9 cm³/mol. The second kappa shape index (κ2) is 5.72. The van der Waals surface area contributed by atoms with Gasteiger partial charge in [0.05, 0.1) is 11.6 Å². The zero-order valence-electron chi connectivity index (χ0n) is 14.0. The Balaban J connectivity index is 1.67. The van der Waals surface area contributed by atoms with Crippen LogP contribution in [0.2, 0.25) is 0 Å². The molecule has 7 nitrogen and oxygen atoms in total. The van der Waals surface area contributed by atoms with Gasteiger partial charge in [-0.05, 0) is 39.3 Å². The van der Waals surface area contributed by atoms with E-state index in [0.717, 1.165) is 12.1 Å². The summed E-state index contributed by atoms with van der Waals surface area (Å²) in [6, 6.07) is 3.86. The van der Waals surface area contributed by atoms with E-state index in [9.17, 15) is 4.79 Å². The minimum absolute atomic E-state index is 0.0397. The van der Waals surface area contributed by atoms with Gasteiger partial charge >= 0.3 is 6.03 Å². The summed E-state index contributed by atoms with van der Waals surface area (Å²) in [4.78, 5) is 18.5. The van der Waals surface area contributed by atoms with Crippen molar-refractivity contribution in [3.05, 3.63) is 24.2 Å². The lowest BCUT2D eigenvalue weighted by Gasteiger charge is -2.25. The number of hydrogen-bond donors (Lipinski definition) is 1. The number of nitrogens with one attached hydrogen (secondary N) is 1. The summed E-state index contributed by atoms with van der Waals surface area (Å²) in [5.41, 5.74) is 0.680. The third kappa shape index (κ3) is 3.38. The number of carbonyl (C=O) groups excluding carboxylic acids is 1. The summed E-state index contributed by atoms with van der Waals surface area (Å²) >= 11 is 0. The summed E-state index contributed by atoms with van der Waals surface area (Å²) in [6.07, 6.45) is 2.78. The summed E-state index contributed by atoms with van der Waals surface area (Å²) in [6.45, 7) is 7.24. The molecule has 2 amide bonds. The standard InChI is InChI=1S/C16H23N5O2/c1-16(2,3)18-15(22)21-9-7-11(10-21)14-17-13(19-23-14)12-6-5-8-20(12)4/h5-6,8,11H,7,9-10H2,1-4H3,(H,18,22). The maximum atomic E-state index is 12.2. The Hall–Kier alpha value is -2.31. The van der Waals surface area contributed by atoms with E-state index in [-0.39, 0.29) is 17.5 Å². The van der Waals surface area contributed by atoms with Crippen LogP contribution in [0.25, 0.3) is 11.5 Å². The fourth-order valence-corrected chi connectivity index (χ4v) is 2.74. The fraction of sp³-hybridized carbons (Fsp3) is 0.562. The fourth-order valence-electron chi connectivity index (χ4n) is 2.74. The molecular weight excluding hydrogens is 294 g/mol. The molecule has 1 aliphatic rings. The molecule has 1 saturated heterocycles. The minimum atomic E-state index is -0.237. The van der Waals surface area contributed by atoms with Crippen molar-refractivity contribution in [2.75, 3.05) is 13.1 Å². The van der Waals surface area contributed by atoms with E-state index in [0.29, 0.717) is 24.8 Å². The lowest BCUT2D eigenvalue weighted by Crippen LogP contribution is -2.47. The van der Waals surface area contributed by atoms with E-state index in [2.05, 4.69) is 15.5 Å². The highest BCUT2D eigenvalue weighted by atomic mass is 16.5. The highest BCUT2D eigenvalue weighted by Gasteiger charge is 2.32. The van der Waals surface area contributed by atoms with E-state index >= 15 is 0 Å². The van der Waals surface area contributed by atoms with Crippen molar-refractivity contribution in [2.45, 2.75) is 38.6 Å². The predicted octanol–water partition coefficient (Wildman–Crippen LogP) is 2.37. The number of nitrogens with zero attached hydrogens (tertiary/aromatic N) is 4. The van der Waals surface area contributed by atoms with Crippen molar-refractivity contribution in [2.24, 2.45) is 7.05 Å². The molecule has 7 heteroatoms. The molecule has 0 aromatic carbocycles. The number of aromatic nitrogens is 3. The summed E-state index contributed by atoms with van der Waals surface area (Å²) < 4.78 is 7.37. The number of hydrogen-bond acceptors (Lipinski definition) is 4. The van der Waals surface area contributed by atoms with E-state index in [1.54, 1.807) is 0 Å². The van der Waals surface area contributed by atoms with Crippen LogP contribution < -0.4 is 5.32 Å². The number of carbonyl (C=O) groups is 1. The first-order valence-electron chi connectivity index (χ1n) is 7.86. The number of urea groups is 1. The first-order chi connectivity index (χ1) is 10.8. The van der Waals surface area contributed by atoms with Gasteiger partial charge in [0.1, 0.15) is 0 Å². The van der Waals surface area contributed by atoms with Gasteiger partial charge in [-0.15, -0.1) is 0 Å². The van der Waals surface area contributed by atoms with Crippen LogP contribution in [0.4, 0.5) is 4.79 Å². The lowest BCUT2D eigenvalue weighted by atomic mass is 10.1. The maximum absolute atomic E-state index is 12.2. The smallest absolute Gasteiger partial charge is 0.317 e. The van der Waals surface area contributed by atoms with Crippen molar-refractivity contribution in [3.63, 3.8) is 0 Å². The Labute approximate surface area is 135 Å². The molecule has 0 bridgehead atoms. The average molecular weight is 317 g/mol. The van der Waals surface area contributed by atoms with Gasteiger partial charge in [0, 0.05) is 31.9 Å². The molecule has 23 heavy (non-hydrogen) atoms. The van der Waals surface area contributed by atoms with Crippen molar-refractivity contribution in [1.29, 1.82) is 0 Å². The van der Waals surface area contributed by atoms with E-state index in [4.69, 9.17) is 4.52 Å². The van der Waals surface area contributed by atoms with Gasteiger partial charge in [-0.25, -0.2) is 4.79 Å². The molecule has 2 aromatic rings. The zero-order valence-corrected chi connectivity index (χ0v) is 14.0. The number of amides is 2. The molecule has 0 radical (unpaired) electrons. The molecule has 1 N–H and O–H groups in total. The second-order valence-corrected chi connectivity index (χ2v) is 7.07. The molecule has 0 saturated carbocycles. The van der Waals surface area contributed by atoms with Crippen LogP contribution in [-0.4, -0.2) is 44.3 Å². The summed E-state index contributed by atoms with van der Waals surface area (Å²) in [5, 5.41) is 7.05. The largest absolute Gasteiger partial charge is 0.348 e. The van der Waals surface area contributed by atoms with E-state index in [1.807, 2.05) is 55.6 Å². The molecule has 1 aliphatic heterocycles. The number of aryl methyl sites for hydroxylation is 1. The number of rotatable bonds is 2. The first-order valence-corrected chi connectivity index (χ1v) is 7.86. The van der Waals surface area contributed by atoms with Crippen LogP contribution in [0, 0.1) is 0 Å². The molecule has 2 aromatic heterocycles. The summed E-state index contributed by atoms with van der Waals surface area (Å²) in [7, 11) is 1.94. The first kappa shape index (κ1) is 15.6. The normalized spacial score (nSPS) is 18.4. The van der Waals surface area contributed by atoms with Crippen LogP contribution in [0.5, 0.6) is 0 Å². The minimum Gasteiger partial charge on any atom is -0.348 e. The SMILES string of the molecule is Cn1cccc1-c1noc(C2CCN(C(=O)NC(C)(C)C)C2)n1. The molecule has 3 heterocycles. The number of likely N-dealkylation sites (tertiary alicyclic amines) is 1. The van der Waals surface area contributed by atoms with Crippen molar-refractivity contribution >= 4 is 6.03 Å². The van der Waals surface area contributed by atoms with Crippen molar-refractivity contribution in [3.8, 4) is 11.5 Å². The molecule has 1 fully saturated rings. The van der Waals surface area contributed by atoms with Gasteiger partial charge in [0.15, 0.2) is 0 Å². The highest BCUT2D eigenvalue weighted by molar-refractivity contribution is 5.75. The van der Waals surface area contributed by atoms with Crippen molar-refractivity contribution < 1.29 is 9.32 Å². The van der Waals surface area contributed by atoms with Gasteiger partial charge in [-0.2, -0.15) is 4.98 Å². The van der Waals surface area contributed by atoms with Gasteiger partial charge in [-0.3, -0.25) is 0 Å². The van der Waals surface area contributed by atoms with Gasteiger partial charge in [0.25, 0.3) is 0 Å². The molecule has 3 rings (SSSR count). The van der Waals surface area contributed by atoms with Crippen LogP contribution in [-0.2, 0) is 7.05 Å². The van der Waals surface area contributed by atoms with E-state index < -0.39 is 0 Å². The molecule has 1 unspecified atom stereocenters. The van der Waals surface area contributed by atoms with Crippen LogP contribution in [0.1, 0.15) is 39.0 Å². The third-order valence-electron chi connectivity index (χ3n) is 3.92. The van der Waals surface area contributed by atoms with Crippen LogP contribution in [0.3, 0.4) is 0 Å². The maximum Gasteiger partial charge on any atom is 0.317 e. The van der Waals surface area contributed by atoms with E-state index in [1.165, 1.54) is 0 Å². The Morgan fingerprint density at radius 1 is 1.43 bits per heavy atom. The summed E-state index contributed by atoms with van der Waals surface area (Å²) in [5.74, 6) is 1.29. The van der Waals surface area contributed by atoms with Crippen molar-refractivity contribution in [1.82, 2.24) is 24.9 Å². The zero-order chi connectivity index (χ0) is 16.6. The van der Waals surface area contributed by atoms with Crippen LogP contribution in [0.15, 0.2) is 22.9 Å². The van der Waals surface area contributed by atoms with Gasteiger partial charge in [-0.1, -0.05) is 5.16 Å². The molecule has 0 aliphatic carbocycles. The van der Waals surface area contributed by atoms with Crippen LogP contribution >= 0.6 is 0 Å². The third-order valence-corrected chi connectivity index (χ3v) is 3.92. The molecule has 0 spiro atoms. The Morgan fingerprint density at radius 3 is 2.87 bits per heavy atom. The highest BCUT2D eigenvalue weighted by Crippen LogP contribution is 2.28. The van der Waals surface area contributed by atoms with Gasteiger partial charge < -0.3 is 19.3 Å². The molecular formula is C16H23N5O2. The second-order valence-electron chi connectivity index (χ2n) is 7.07. The molecule has 1 atom stereocenters. The lowest BCUT2D eigenvalue weighted by molar-refractivity contribution is 0.198. The van der Waals surface area contributed by atoms with Gasteiger partial charge in [0.2, 0.25) is 11.7 Å². The monoisotopic (exact) mass is 317 g/mol. The quantitative estimate of drug-likeness (QED) is 0.922. The Kier molecular flexibility index (Phi) is 3.87. The molecule has 124 valence electrons. The topological polar surface area (TPSA) is 76.2 Å². The Morgan fingerprint density at radius 2 is 2.22 bits per heavy atom. The average Bonchev–Trinajstić information content (AvgIpc) is 3.15.